The van der Waals surface area contributed by atoms with Gasteiger partial charge in [-0.2, -0.15) is 0 Å². The van der Waals surface area contributed by atoms with Gasteiger partial charge in [-0.25, -0.2) is 9.59 Å². The molecule has 0 spiro atoms. The predicted molar refractivity (Wildman–Crippen MR) is 47.9 cm³/mol. The van der Waals surface area contributed by atoms with Crippen molar-refractivity contribution in [3.05, 3.63) is 0 Å². The molecule has 0 aromatic carbocycles. The first kappa shape index (κ1) is 10.0. The predicted octanol–water partition coefficient (Wildman–Crippen LogP) is -0.273. The summed E-state index contributed by atoms with van der Waals surface area (Å²) >= 11 is 0. The maximum atomic E-state index is 10.9. The van der Waals surface area contributed by atoms with E-state index in [1.807, 2.05) is 0 Å². The van der Waals surface area contributed by atoms with Gasteiger partial charge in [-0.05, 0) is 0 Å². The van der Waals surface area contributed by atoms with E-state index in [0.717, 1.165) is 0 Å². The van der Waals surface area contributed by atoms with E-state index in [4.69, 9.17) is 14.9 Å². The fraction of sp³-hybridized carbons (Fsp3) is 0.750. The zero-order valence-corrected chi connectivity index (χ0v) is 8.00. The Balaban J connectivity index is 2.10. The average Bonchev–Trinajstić information content (AvgIpc) is 2.60. The summed E-state index contributed by atoms with van der Waals surface area (Å²) < 4.78 is 5.35. The molecule has 7 nitrogen and oxygen atoms in total. The summed E-state index contributed by atoms with van der Waals surface area (Å²) in [6.07, 6.45) is -2.36. The lowest BCUT2D eigenvalue weighted by atomic mass is 10.1. The zero-order chi connectivity index (χ0) is 11.0. The van der Waals surface area contributed by atoms with E-state index in [1.54, 1.807) is 0 Å². The van der Waals surface area contributed by atoms with Crippen LogP contribution in [0.5, 0.6) is 0 Å². The molecule has 0 saturated carbocycles. The van der Waals surface area contributed by atoms with Crippen molar-refractivity contribution in [3.63, 3.8) is 0 Å². The van der Waals surface area contributed by atoms with Gasteiger partial charge in [0.25, 0.3) is 0 Å². The third-order valence-electron chi connectivity index (χ3n) is 2.82. The van der Waals surface area contributed by atoms with Gasteiger partial charge in [0.2, 0.25) is 0 Å². The summed E-state index contributed by atoms with van der Waals surface area (Å²) in [5, 5.41) is 17.7. The van der Waals surface area contributed by atoms with Gasteiger partial charge in [0, 0.05) is 13.1 Å². The van der Waals surface area contributed by atoms with Crippen LogP contribution < -0.4 is 0 Å². The van der Waals surface area contributed by atoms with Crippen molar-refractivity contribution in [2.24, 2.45) is 0 Å². The molecule has 0 aromatic heterocycles. The molecular weight excluding hydrogens is 204 g/mol. The van der Waals surface area contributed by atoms with Gasteiger partial charge < -0.3 is 19.8 Å². The Hall–Kier alpha value is -1.50. The molecule has 0 bridgehead atoms. The molecule has 2 amide bonds. The molecule has 2 fully saturated rings. The van der Waals surface area contributed by atoms with Gasteiger partial charge in [-0.15, -0.1) is 0 Å². The summed E-state index contributed by atoms with van der Waals surface area (Å²) in [5.41, 5.74) is 0. The summed E-state index contributed by atoms with van der Waals surface area (Å²) in [6, 6.07) is -0.354. The second kappa shape index (κ2) is 3.58. The van der Waals surface area contributed by atoms with Crippen molar-refractivity contribution in [1.29, 1.82) is 0 Å². The molecule has 15 heavy (non-hydrogen) atoms. The lowest BCUT2D eigenvalue weighted by Crippen LogP contribution is -2.52. The Kier molecular flexibility index (Phi) is 2.39. The number of carbonyl (C=O) groups is 2. The van der Waals surface area contributed by atoms with Gasteiger partial charge in [-0.1, -0.05) is 0 Å². The van der Waals surface area contributed by atoms with Crippen molar-refractivity contribution in [2.45, 2.75) is 12.1 Å². The Labute approximate surface area is 85.8 Å². The Bertz CT molecular complexity index is 295. The highest BCUT2D eigenvalue weighted by Gasteiger charge is 2.43. The molecule has 2 rings (SSSR count). The first-order chi connectivity index (χ1) is 7.09. The van der Waals surface area contributed by atoms with E-state index in [9.17, 15) is 9.59 Å². The topological polar surface area (TPSA) is 90.3 Å². The van der Waals surface area contributed by atoms with Gasteiger partial charge in [0.1, 0.15) is 0 Å². The van der Waals surface area contributed by atoms with E-state index in [0.29, 0.717) is 13.2 Å². The van der Waals surface area contributed by atoms with Crippen LogP contribution in [0.4, 0.5) is 9.59 Å². The summed E-state index contributed by atoms with van der Waals surface area (Å²) in [4.78, 5) is 24.1. The molecule has 2 aliphatic rings. The van der Waals surface area contributed by atoms with Crippen LogP contribution in [0.3, 0.4) is 0 Å². The van der Waals surface area contributed by atoms with Crippen molar-refractivity contribution in [3.8, 4) is 0 Å². The van der Waals surface area contributed by atoms with Crippen molar-refractivity contribution < 1.29 is 24.5 Å². The average molecular weight is 216 g/mol. The maximum absolute atomic E-state index is 10.9. The van der Waals surface area contributed by atoms with Crippen LogP contribution in [0.15, 0.2) is 0 Å². The number of fused-ring (bicyclic) bond motifs is 1. The van der Waals surface area contributed by atoms with Crippen molar-refractivity contribution in [2.75, 3.05) is 26.2 Å². The van der Waals surface area contributed by atoms with Gasteiger partial charge in [0.15, 0.2) is 0 Å². The molecule has 2 atom stereocenters. The molecule has 2 saturated heterocycles. The number of carboxylic acid groups (broad SMARTS) is 2. The molecule has 7 heteroatoms. The van der Waals surface area contributed by atoms with E-state index in [-0.39, 0.29) is 25.2 Å². The highest BCUT2D eigenvalue weighted by atomic mass is 16.5. The molecule has 2 heterocycles. The van der Waals surface area contributed by atoms with E-state index in [2.05, 4.69) is 0 Å². The minimum atomic E-state index is -1.03. The lowest BCUT2D eigenvalue weighted by molar-refractivity contribution is -0.0382. The van der Waals surface area contributed by atoms with Crippen LogP contribution in [-0.2, 0) is 4.74 Å². The number of morpholine rings is 1. The summed E-state index contributed by atoms with van der Waals surface area (Å²) in [7, 11) is 0. The first-order valence-electron chi connectivity index (χ1n) is 4.68. The minimum Gasteiger partial charge on any atom is -0.465 e. The van der Waals surface area contributed by atoms with Crippen LogP contribution in [0.2, 0.25) is 0 Å². The summed E-state index contributed by atoms with van der Waals surface area (Å²) in [6.45, 7) is 1.10. The van der Waals surface area contributed by atoms with Crippen LogP contribution >= 0.6 is 0 Å². The third-order valence-corrected chi connectivity index (χ3v) is 2.82. The molecule has 0 unspecified atom stereocenters. The van der Waals surface area contributed by atoms with E-state index in [1.165, 1.54) is 9.80 Å². The zero-order valence-electron chi connectivity index (χ0n) is 8.00. The van der Waals surface area contributed by atoms with Crippen LogP contribution in [0.25, 0.3) is 0 Å². The second-order valence-electron chi connectivity index (χ2n) is 3.64. The smallest absolute Gasteiger partial charge is 0.407 e. The summed E-state index contributed by atoms with van der Waals surface area (Å²) in [5.74, 6) is 0. The van der Waals surface area contributed by atoms with Crippen LogP contribution in [0, 0.1) is 0 Å². The monoisotopic (exact) mass is 216 g/mol. The number of likely N-dealkylation sites (tertiary alicyclic amines) is 1. The molecule has 84 valence electrons. The Morgan fingerprint density at radius 2 is 1.93 bits per heavy atom. The van der Waals surface area contributed by atoms with E-state index >= 15 is 0 Å². The molecule has 2 aliphatic heterocycles. The highest BCUT2D eigenvalue weighted by Crippen LogP contribution is 2.22. The van der Waals surface area contributed by atoms with Crippen LogP contribution in [-0.4, -0.2) is 70.6 Å². The van der Waals surface area contributed by atoms with Crippen molar-refractivity contribution in [1.82, 2.24) is 9.80 Å². The van der Waals surface area contributed by atoms with E-state index < -0.39 is 12.2 Å². The highest BCUT2D eigenvalue weighted by molar-refractivity contribution is 5.68. The molecular formula is C8H12N2O5. The van der Waals surface area contributed by atoms with Gasteiger partial charge >= 0.3 is 12.2 Å². The Morgan fingerprint density at radius 1 is 1.20 bits per heavy atom. The normalized spacial score (nSPS) is 30.1. The van der Waals surface area contributed by atoms with Crippen molar-refractivity contribution >= 4 is 12.2 Å². The molecule has 0 radical (unpaired) electrons. The maximum Gasteiger partial charge on any atom is 0.407 e. The number of hydrogen-bond acceptors (Lipinski definition) is 3. The standard InChI is InChI=1S/C8H12N2O5/c11-7(12)9-3-5-6(4-9)15-2-1-10(5)8(13)14/h5-6H,1-4H2,(H,11,12)(H,13,14)/t5-,6+/m1/s1. The number of hydrogen-bond donors (Lipinski definition) is 2. The minimum absolute atomic E-state index is 0.201. The fourth-order valence-corrected chi connectivity index (χ4v) is 2.08. The fourth-order valence-electron chi connectivity index (χ4n) is 2.08. The van der Waals surface area contributed by atoms with Crippen LogP contribution in [0.1, 0.15) is 0 Å². The lowest BCUT2D eigenvalue weighted by Gasteiger charge is -2.34. The molecule has 2 N–H and O–H groups in total. The SMILES string of the molecule is O=C(O)N1C[C@@H]2OCCN(C(=O)O)[C@@H]2C1. The van der Waals surface area contributed by atoms with Gasteiger partial charge in [0.05, 0.1) is 25.3 Å². The largest absolute Gasteiger partial charge is 0.465 e. The molecule has 0 aromatic rings. The molecule has 0 aliphatic carbocycles. The first-order valence-corrected chi connectivity index (χ1v) is 4.68. The third kappa shape index (κ3) is 1.70. The number of nitrogens with zero attached hydrogens (tertiary/aromatic N) is 2. The second-order valence-corrected chi connectivity index (χ2v) is 3.64. The number of amides is 2. The number of rotatable bonds is 0. The quantitative estimate of drug-likeness (QED) is 0.581. The Morgan fingerprint density at radius 3 is 2.53 bits per heavy atom. The van der Waals surface area contributed by atoms with Gasteiger partial charge in [-0.3, -0.25) is 4.90 Å². The number of ether oxygens (including phenoxy) is 1.